The fourth-order valence-corrected chi connectivity index (χ4v) is 3.98. The van der Waals surface area contributed by atoms with Crippen molar-refractivity contribution >= 4 is 17.2 Å². The minimum atomic E-state index is -0.192. The number of pyridine rings is 1. The van der Waals surface area contributed by atoms with E-state index < -0.39 is 0 Å². The Bertz CT molecular complexity index is 1470. The number of benzene rings is 2. The number of aromatic nitrogens is 4. The molecule has 0 radical (unpaired) electrons. The van der Waals surface area contributed by atoms with E-state index in [0.29, 0.717) is 11.3 Å². The zero-order chi connectivity index (χ0) is 22.9. The molecule has 0 saturated carbocycles. The maximum atomic E-state index is 12.9. The van der Waals surface area contributed by atoms with Gasteiger partial charge in [0.15, 0.2) is 5.65 Å². The van der Waals surface area contributed by atoms with Crippen LogP contribution in [-0.2, 0) is 0 Å². The zero-order valence-corrected chi connectivity index (χ0v) is 18.6. The van der Waals surface area contributed by atoms with Crippen molar-refractivity contribution in [1.82, 2.24) is 19.2 Å². The van der Waals surface area contributed by atoms with Gasteiger partial charge in [-0.2, -0.15) is 0 Å². The smallest absolute Gasteiger partial charge is 0.255 e. The van der Waals surface area contributed by atoms with Crippen molar-refractivity contribution in [2.45, 2.75) is 13.8 Å². The van der Waals surface area contributed by atoms with Crippen LogP contribution in [0.3, 0.4) is 0 Å². The number of imidazole rings is 1. The van der Waals surface area contributed by atoms with Crippen molar-refractivity contribution in [3.63, 3.8) is 0 Å². The molecule has 5 aromatic rings. The number of rotatable bonds is 5. The van der Waals surface area contributed by atoms with E-state index in [0.717, 1.165) is 39.4 Å². The molecule has 1 amide bonds. The van der Waals surface area contributed by atoms with Crippen LogP contribution >= 0.6 is 0 Å². The quantitative estimate of drug-likeness (QED) is 0.417. The van der Waals surface area contributed by atoms with Crippen molar-refractivity contribution in [2.24, 2.45) is 0 Å². The van der Waals surface area contributed by atoms with Crippen LogP contribution in [0.4, 0.5) is 5.69 Å². The first-order valence-electron chi connectivity index (χ1n) is 10.6. The highest BCUT2D eigenvalue weighted by atomic mass is 16.5. The van der Waals surface area contributed by atoms with E-state index >= 15 is 0 Å². The van der Waals surface area contributed by atoms with Crippen molar-refractivity contribution in [3.8, 4) is 22.7 Å². The lowest BCUT2D eigenvalue weighted by Gasteiger charge is -2.16. The second kappa shape index (κ2) is 8.27. The van der Waals surface area contributed by atoms with Gasteiger partial charge in [0, 0.05) is 41.5 Å². The molecule has 0 saturated heterocycles. The first-order valence-corrected chi connectivity index (χ1v) is 10.6. The van der Waals surface area contributed by atoms with E-state index in [4.69, 9.17) is 4.74 Å². The third kappa shape index (κ3) is 3.74. The number of carbonyl (C=O) groups is 1. The average Bonchev–Trinajstić information content (AvgIpc) is 3.44. The molecule has 164 valence electrons. The summed E-state index contributed by atoms with van der Waals surface area (Å²) in [4.78, 5) is 21.7. The Morgan fingerprint density at radius 3 is 2.67 bits per heavy atom. The summed E-state index contributed by atoms with van der Waals surface area (Å²) in [5.74, 6) is 0.449. The van der Waals surface area contributed by atoms with Crippen LogP contribution in [0.5, 0.6) is 5.75 Å². The molecule has 0 atom stereocenters. The van der Waals surface area contributed by atoms with Crippen LogP contribution in [0.15, 0.2) is 79.4 Å². The van der Waals surface area contributed by atoms with E-state index in [-0.39, 0.29) is 5.91 Å². The monoisotopic (exact) mass is 437 g/mol. The van der Waals surface area contributed by atoms with E-state index in [1.807, 2.05) is 65.0 Å². The summed E-state index contributed by atoms with van der Waals surface area (Å²) in [6, 6.07) is 17.1. The number of hydrogen-bond donors (Lipinski definition) is 1. The van der Waals surface area contributed by atoms with Crippen LogP contribution < -0.4 is 10.1 Å². The van der Waals surface area contributed by atoms with Crippen LogP contribution in [0.2, 0.25) is 0 Å². The number of ether oxygens (including phenoxy) is 1. The minimum Gasteiger partial charge on any atom is -0.497 e. The first-order chi connectivity index (χ1) is 16.0. The lowest BCUT2D eigenvalue weighted by Crippen LogP contribution is -2.14. The molecule has 0 aliphatic heterocycles. The molecular weight excluding hydrogens is 414 g/mol. The summed E-state index contributed by atoms with van der Waals surface area (Å²) >= 11 is 0. The zero-order valence-electron chi connectivity index (χ0n) is 18.6. The van der Waals surface area contributed by atoms with Crippen molar-refractivity contribution in [3.05, 3.63) is 96.1 Å². The molecule has 0 spiro atoms. The van der Waals surface area contributed by atoms with E-state index in [2.05, 4.69) is 28.3 Å². The number of nitrogens with one attached hydrogen (secondary N) is 1. The standard InChI is InChI=1S/C26H23N5O2/c1-17-12-18(2)23(14-22(17)29-26(32)19-6-4-8-21(13-19)33-3)30-11-9-25-28-16-24(31(25)30)20-7-5-10-27-15-20/h4-16H,1-3H3,(H,29,32). The van der Waals surface area contributed by atoms with Crippen LogP contribution in [-0.4, -0.2) is 32.2 Å². The number of amides is 1. The van der Waals surface area contributed by atoms with Gasteiger partial charge in [-0.25, -0.2) is 9.50 Å². The van der Waals surface area contributed by atoms with Gasteiger partial charge in [-0.05, 0) is 61.4 Å². The lowest BCUT2D eigenvalue weighted by atomic mass is 10.1. The molecule has 1 N–H and O–H groups in total. The number of fused-ring (bicyclic) bond motifs is 1. The summed E-state index contributed by atoms with van der Waals surface area (Å²) in [5, 5.41) is 3.05. The molecule has 0 fully saturated rings. The van der Waals surface area contributed by atoms with Gasteiger partial charge in [0.1, 0.15) is 5.75 Å². The third-order valence-corrected chi connectivity index (χ3v) is 5.67. The number of anilines is 1. The van der Waals surface area contributed by atoms with E-state index in [1.54, 1.807) is 31.5 Å². The lowest BCUT2D eigenvalue weighted by molar-refractivity contribution is 0.102. The molecular formula is C26H23N5O2. The normalized spacial score (nSPS) is 11.0. The maximum absolute atomic E-state index is 12.9. The highest BCUT2D eigenvalue weighted by Crippen LogP contribution is 2.28. The fraction of sp³-hybridized carbons (Fsp3) is 0.115. The second-order valence-electron chi connectivity index (χ2n) is 7.86. The van der Waals surface area contributed by atoms with Crippen molar-refractivity contribution < 1.29 is 9.53 Å². The topological polar surface area (TPSA) is 73.4 Å². The van der Waals surface area contributed by atoms with Gasteiger partial charge in [0.2, 0.25) is 0 Å². The Kier molecular flexibility index (Phi) is 5.14. The molecule has 3 heterocycles. The van der Waals surface area contributed by atoms with E-state index in [1.165, 1.54) is 0 Å². The van der Waals surface area contributed by atoms with Gasteiger partial charge in [-0.1, -0.05) is 12.1 Å². The number of carbonyl (C=O) groups excluding carboxylic acids is 1. The van der Waals surface area contributed by atoms with Gasteiger partial charge in [0.05, 0.1) is 24.7 Å². The summed E-state index contributed by atoms with van der Waals surface area (Å²) in [6.07, 6.45) is 7.40. The molecule has 5 rings (SSSR count). The minimum absolute atomic E-state index is 0.192. The highest BCUT2D eigenvalue weighted by Gasteiger charge is 2.15. The molecule has 0 unspecified atom stereocenters. The fourth-order valence-electron chi connectivity index (χ4n) is 3.98. The second-order valence-corrected chi connectivity index (χ2v) is 7.86. The molecule has 0 bridgehead atoms. The van der Waals surface area contributed by atoms with Gasteiger partial charge in [0.25, 0.3) is 5.91 Å². The number of hydrogen-bond acceptors (Lipinski definition) is 4. The average molecular weight is 438 g/mol. The van der Waals surface area contributed by atoms with Crippen LogP contribution in [0.1, 0.15) is 21.5 Å². The predicted molar refractivity (Wildman–Crippen MR) is 128 cm³/mol. The Hall–Kier alpha value is -4.39. The highest BCUT2D eigenvalue weighted by molar-refractivity contribution is 6.05. The summed E-state index contributed by atoms with van der Waals surface area (Å²) in [6.45, 7) is 4.05. The molecule has 0 aliphatic rings. The Labute approximate surface area is 191 Å². The number of methoxy groups -OCH3 is 1. The Balaban J connectivity index is 1.57. The number of nitrogens with zero attached hydrogens (tertiary/aromatic N) is 4. The summed E-state index contributed by atoms with van der Waals surface area (Å²) in [5.41, 5.74) is 7.02. The molecule has 2 aromatic carbocycles. The Morgan fingerprint density at radius 2 is 1.88 bits per heavy atom. The van der Waals surface area contributed by atoms with E-state index in [9.17, 15) is 4.79 Å². The van der Waals surface area contributed by atoms with Crippen LogP contribution in [0, 0.1) is 13.8 Å². The van der Waals surface area contributed by atoms with Gasteiger partial charge in [-0.15, -0.1) is 0 Å². The maximum Gasteiger partial charge on any atom is 0.255 e. The van der Waals surface area contributed by atoms with Crippen LogP contribution in [0.25, 0.3) is 22.6 Å². The molecule has 7 nitrogen and oxygen atoms in total. The largest absolute Gasteiger partial charge is 0.497 e. The summed E-state index contributed by atoms with van der Waals surface area (Å²) in [7, 11) is 1.58. The Morgan fingerprint density at radius 1 is 1.00 bits per heavy atom. The summed E-state index contributed by atoms with van der Waals surface area (Å²) < 4.78 is 9.33. The number of aryl methyl sites for hydroxylation is 2. The van der Waals surface area contributed by atoms with Crippen molar-refractivity contribution in [2.75, 3.05) is 12.4 Å². The third-order valence-electron chi connectivity index (χ3n) is 5.67. The predicted octanol–water partition coefficient (Wildman–Crippen LogP) is 5.06. The van der Waals surface area contributed by atoms with Gasteiger partial charge in [-0.3, -0.25) is 14.5 Å². The van der Waals surface area contributed by atoms with Gasteiger partial charge >= 0.3 is 0 Å². The molecule has 33 heavy (non-hydrogen) atoms. The molecule has 7 heteroatoms. The van der Waals surface area contributed by atoms with Gasteiger partial charge < -0.3 is 10.1 Å². The first kappa shape index (κ1) is 20.5. The molecule has 3 aromatic heterocycles. The van der Waals surface area contributed by atoms with Crippen molar-refractivity contribution in [1.29, 1.82) is 0 Å². The molecule has 0 aliphatic carbocycles. The SMILES string of the molecule is COc1cccc(C(=O)Nc2cc(-n3ccc4ncc(-c5cccnc5)n43)c(C)cc2C)c1.